The molecular formula is C16H21NO3. The second-order valence-electron chi connectivity index (χ2n) is 5.20. The Morgan fingerprint density at radius 3 is 3.00 bits per heavy atom. The minimum absolute atomic E-state index is 0.335. The van der Waals surface area contributed by atoms with Gasteiger partial charge >= 0.3 is 5.97 Å². The molecule has 108 valence electrons. The highest BCUT2D eigenvalue weighted by atomic mass is 16.5. The quantitative estimate of drug-likeness (QED) is 0.810. The van der Waals surface area contributed by atoms with Crippen molar-refractivity contribution in [3.05, 3.63) is 41.5 Å². The van der Waals surface area contributed by atoms with Gasteiger partial charge in [-0.1, -0.05) is 24.3 Å². The minimum Gasteiger partial charge on any atom is -0.478 e. The molecule has 1 aliphatic rings. The van der Waals surface area contributed by atoms with E-state index >= 15 is 0 Å². The van der Waals surface area contributed by atoms with Crippen LogP contribution in [0.2, 0.25) is 0 Å². The first-order valence-electron chi connectivity index (χ1n) is 6.94. The average Bonchev–Trinajstić information content (AvgIpc) is 2.90. The van der Waals surface area contributed by atoms with Crippen LogP contribution in [0.25, 0.3) is 6.08 Å². The van der Waals surface area contributed by atoms with E-state index in [1.807, 2.05) is 24.3 Å². The number of nitrogens with zero attached hydrogens (tertiary/aromatic N) is 1. The fourth-order valence-corrected chi connectivity index (χ4v) is 2.49. The van der Waals surface area contributed by atoms with Gasteiger partial charge in [0.1, 0.15) is 0 Å². The molecular weight excluding hydrogens is 254 g/mol. The lowest BCUT2D eigenvalue weighted by molar-refractivity contribution is -0.131. The van der Waals surface area contributed by atoms with Gasteiger partial charge in [-0.2, -0.15) is 0 Å². The van der Waals surface area contributed by atoms with Gasteiger partial charge in [0.2, 0.25) is 0 Å². The second kappa shape index (κ2) is 7.22. The Balaban J connectivity index is 1.98. The maximum absolute atomic E-state index is 10.6. The van der Waals surface area contributed by atoms with Crippen molar-refractivity contribution in [3.63, 3.8) is 0 Å². The number of carboxylic acids is 1. The topological polar surface area (TPSA) is 49.8 Å². The molecule has 0 aliphatic carbocycles. The molecule has 0 bridgehead atoms. The molecule has 1 atom stereocenters. The Morgan fingerprint density at radius 2 is 2.30 bits per heavy atom. The molecule has 1 N–H and O–H groups in total. The van der Waals surface area contributed by atoms with Crippen molar-refractivity contribution in [1.82, 2.24) is 4.90 Å². The number of likely N-dealkylation sites (N-methyl/N-ethyl adjacent to an activating group) is 1. The molecule has 0 radical (unpaired) electrons. The maximum Gasteiger partial charge on any atom is 0.328 e. The van der Waals surface area contributed by atoms with Gasteiger partial charge in [0.05, 0.1) is 6.10 Å². The van der Waals surface area contributed by atoms with Crippen LogP contribution in [0.1, 0.15) is 24.0 Å². The third-order valence-electron chi connectivity index (χ3n) is 3.44. The number of hydrogen-bond acceptors (Lipinski definition) is 3. The minimum atomic E-state index is -0.924. The molecule has 4 nitrogen and oxygen atoms in total. The Labute approximate surface area is 119 Å². The van der Waals surface area contributed by atoms with Crippen molar-refractivity contribution in [3.8, 4) is 0 Å². The summed E-state index contributed by atoms with van der Waals surface area (Å²) < 4.78 is 5.64. The van der Waals surface area contributed by atoms with Gasteiger partial charge in [-0.3, -0.25) is 4.90 Å². The van der Waals surface area contributed by atoms with Crippen molar-refractivity contribution in [2.75, 3.05) is 20.2 Å². The van der Waals surface area contributed by atoms with E-state index in [0.29, 0.717) is 6.10 Å². The number of hydrogen-bond donors (Lipinski definition) is 1. The smallest absolute Gasteiger partial charge is 0.328 e. The van der Waals surface area contributed by atoms with Crippen molar-refractivity contribution in [2.24, 2.45) is 0 Å². The van der Waals surface area contributed by atoms with Crippen LogP contribution in [0, 0.1) is 0 Å². The summed E-state index contributed by atoms with van der Waals surface area (Å²) in [6.07, 6.45) is 5.44. The van der Waals surface area contributed by atoms with Crippen LogP contribution < -0.4 is 0 Å². The first-order valence-corrected chi connectivity index (χ1v) is 6.94. The number of ether oxygens (including phenoxy) is 1. The number of rotatable bonds is 6. The molecule has 1 fully saturated rings. The van der Waals surface area contributed by atoms with Gasteiger partial charge < -0.3 is 9.84 Å². The molecule has 1 aliphatic heterocycles. The van der Waals surface area contributed by atoms with Gasteiger partial charge in [0.15, 0.2) is 0 Å². The maximum atomic E-state index is 10.6. The van der Waals surface area contributed by atoms with Gasteiger partial charge in [0.25, 0.3) is 0 Å². The largest absolute Gasteiger partial charge is 0.478 e. The first kappa shape index (κ1) is 14.8. The fraction of sp³-hybridized carbons (Fsp3) is 0.438. The summed E-state index contributed by atoms with van der Waals surface area (Å²) in [4.78, 5) is 12.8. The summed E-state index contributed by atoms with van der Waals surface area (Å²) in [5, 5.41) is 8.72. The lowest BCUT2D eigenvalue weighted by atomic mass is 10.1. The summed E-state index contributed by atoms with van der Waals surface area (Å²) in [6, 6.07) is 7.88. The van der Waals surface area contributed by atoms with E-state index < -0.39 is 5.97 Å². The summed E-state index contributed by atoms with van der Waals surface area (Å²) in [7, 11) is 2.07. The number of aliphatic carboxylic acids is 1. The normalized spacial score (nSPS) is 19.0. The highest BCUT2D eigenvalue weighted by Gasteiger charge is 2.17. The molecule has 4 heteroatoms. The monoisotopic (exact) mass is 275 g/mol. The SMILES string of the molecule is CN(Cc1ccccc1C=CC(=O)O)CC1CCCO1. The molecule has 2 rings (SSSR count). The van der Waals surface area contributed by atoms with E-state index in [-0.39, 0.29) is 0 Å². The molecule has 1 unspecified atom stereocenters. The number of carbonyl (C=O) groups is 1. The predicted octanol–water partition coefficient (Wildman–Crippen LogP) is 2.40. The van der Waals surface area contributed by atoms with E-state index in [1.165, 1.54) is 6.08 Å². The Bertz CT molecular complexity index is 478. The number of benzene rings is 1. The van der Waals surface area contributed by atoms with Crippen molar-refractivity contribution in [1.29, 1.82) is 0 Å². The molecule has 20 heavy (non-hydrogen) atoms. The van der Waals surface area contributed by atoms with Crippen LogP contribution in [0.15, 0.2) is 30.3 Å². The molecule has 1 aromatic rings. The van der Waals surface area contributed by atoms with Crippen LogP contribution in [0.3, 0.4) is 0 Å². The third-order valence-corrected chi connectivity index (χ3v) is 3.44. The van der Waals surface area contributed by atoms with Crippen molar-refractivity contribution < 1.29 is 14.6 Å². The zero-order valence-corrected chi connectivity index (χ0v) is 11.8. The second-order valence-corrected chi connectivity index (χ2v) is 5.20. The Morgan fingerprint density at radius 1 is 1.50 bits per heavy atom. The number of carboxylic acid groups (broad SMARTS) is 1. The van der Waals surface area contributed by atoms with Crippen LogP contribution in [-0.2, 0) is 16.1 Å². The lowest BCUT2D eigenvalue weighted by Gasteiger charge is -2.21. The standard InChI is InChI=1S/C16H21NO3/c1-17(12-15-7-4-10-20-15)11-14-6-3-2-5-13(14)8-9-16(18)19/h2-3,5-6,8-9,15H,4,7,10-12H2,1H3,(H,18,19). The lowest BCUT2D eigenvalue weighted by Crippen LogP contribution is -2.28. The van der Waals surface area contributed by atoms with E-state index in [0.717, 1.165) is 43.7 Å². The molecule has 1 aromatic carbocycles. The van der Waals surface area contributed by atoms with Crippen LogP contribution in [-0.4, -0.2) is 42.3 Å². The first-order chi connectivity index (χ1) is 9.65. The molecule has 0 spiro atoms. The molecule has 1 heterocycles. The predicted molar refractivity (Wildman–Crippen MR) is 78.4 cm³/mol. The van der Waals surface area contributed by atoms with Crippen molar-refractivity contribution >= 4 is 12.0 Å². The highest BCUT2D eigenvalue weighted by Crippen LogP contribution is 2.16. The zero-order valence-electron chi connectivity index (χ0n) is 11.8. The molecule has 0 amide bonds. The average molecular weight is 275 g/mol. The molecule has 1 saturated heterocycles. The summed E-state index contributed by atoms with van der Waals surface area (Å²) in [5.74, 6) is -0.924. The Hall–Kier alpha value is -1.65. The van der Waals surface area contributed by atoms with Crippen LogP contribution in [0.5, 0.6) is 0 Å². The van der Waals surface area contributed by atoms with Gasteiger partial charge in [-0.05, 0) is 37.1 Å². The van der Waals surface area contributed by atoms with E-state index in [9.17, 15) is 4.79 Å². The molecule has 0 saturated carbocycles. The van der Waals surface area contributed by atoms with Gasteiger partial charge in [-0.25, -0.2) is 4.79 Å². The van der Waals surface area contributed by atoms with E-state index in [2.05, 4.69) is 11.9 Å². The fourth-order valence-electron chi connectivity index (χ4n) is 2.49. The van der Waals surface area contributed by atoms with Gasteiger partial charge in [-0.15, -0.1) is 0 Å². The summed E-state index contributed by atoms with van der Waals surface area (Å²) in [6.45, 7) is 2.58. The zero-order chi connectivity index (χ0) is 14.4. The summed E-state index contributed by atoms with van der Waals surface area (Å²) >= 11 is 0. The Kier molecular flexibility index (Phi) is 5.32. The van der Waals surface area contributed by atoms with Crippen molar-refractivity contribution in [2.45, 2.75) is 25.5 Å². The van der Waals surface area contributed by atoms with Crippen LogP contribution >= 0.6 is 0 Å². The molecule has 0 aromatic heterocycles. The van der Waals surface area contributed by atoms with E-state index in [1.54, 1.807) is 6.08 Å². The third kappa shape index (κ3) is 4.47. The van der Waals surface area contributed by atoms with Gasteiger partial charge in [0, 0.05) is 25.8 Å². The summed E-state index contributed by atoms with van der Waals surface area (Å²) in [5.41, 5.74) is 2.08. The van der Waals surface area contributed by atoms with Crippen LogP contribution in [0.4, 0.5) is 0 Å². The highest BCUT2D eigenvalue weighted by molar-refractivity contribution is 5.85. The van der Waals surface area contributed by atoms with E-state index in [4.69, 9.17) is 9.84 Å².